The zero-order chi connectivity index (χ0) is 43.1. The van der Waals surface area contributed by atoms with Crippen LogP contribution in [0.1, 0.15) is 53.1 Å². The van der Waals surface area contributed by atoms with Gasteiger partial charge in [0, 0.05) is 36.4 Å². The first kappa shape index (κ1) is 42.3. The van der Waals surface area contributed by atoms with E-state index >= 15 is 0 Å². The fourth-order valence-electron chi connectivity index (χ4n) is 7.95. The number of aliphatic hydroxyl groups excluding tert-OH is 1. The van der Waals surface area contributed by atoms with Gasteiger partial charge in [0.25, 0.3) is 11.1 Å². The van der Waals surface area contributed by atoms with Crippen LogP contribution in [0.4, 0.5) is 0 Å². The van der Waals surface area contributed by atoms with E-state index in [4.69, 9.17) is 37.3 Å². The van der Waals surface area contributed by atoms with E-state index in [0.29, 0.717) is 11.5 Å². The molecule has 3 N–H and O–H groups in total. The molecule has 5 heterocycles. The van der Waals surface area contributed by atoms with Gasteiger partial charge in [-0.05, 0) is 54.8 Å². The van der Waals surface area contributed by atoms with Crippen molar-refractivity contribution in [2.45, 2.75) is 68.7 Å². The highest BCUT2D eigenvalue weighted by molar-refractivity contribution is 7.48. The van der Waals surface area contributed by atoms with Crippen molar-refractivity contribution in [3.63, 3.8) is 0 Å². The standard InChI is InChI=1S/C42H45N4O14P/c1-25-20-45(39(50)43-37(25)48)35-18-32(47)33(58-35)22-56-61(52)57-24-41(34(60-61)19-36(59-41)46-21-26(2)38(49)44-40(46)51)23-55-42(27-8-6-5-7-9-27,28-10-14-30(53-3)15-11-28)29-12-16-31(54-4)17-13-29/h5-17,20-21,32-36,47H,18-19,22-24H2,1-4H3,(H,43,48,50)(H,44,49,51)/t32-,33+,34-,35+,36+,41-,61-/m0/s1. The Labute approximate surface area is 348 Å². The van der Waals surface area contributed by atoms with Crippen molar-refractivity contribution in [2.75, 3.05) is 34.0 Å². The Morgan fingerprint density at radius 1 is 0.787 bits per heavy atom. The van der Waals surface area contributed by atoms with Gasteiger partial charge in [-0.15, -0.1) is 0 Å². The third-order valence-corrected chi connectivity index (χ3v) is 12.7. The van der Waals surface area contributed by atoms with Crippen LogP contribution in [-0.4, -0.2) is 82.2 Å². The number of hydrogen-bond acceptors (Lipinski definition) is 14. The number of hydrogen-bond donors (Lipinski definition) is 3. The van der Waals surface area contributed by atoms with E-state index in [0.717, 1.165) is 21.3 Å². The Kier molecular flexibility index (Phi) is 11.6. The van der Waals surface area contributed by atoms with Crippen LogP contribution in [0.2, 0.25) is 0 Å². The minimum atomic E-state index is -4.44. The molecule has 5 aromatic rings. The van der Waals surface area contributed by atoms with Crippen molar-refractivity contribution in [3.8, 4) is 11.5 Å². The summed E-state index contributed by atoms with van der Waals surface area (Å²) in [5.41, 5.74) is -2.68. The van der Waals surface area contributed by atoms with Gasteiger partial charge in [-0.2, -0.15) is 0 Å². The molecule has 0 saturated carbocycles. The lowest BCUT2D eigenvalue weighted by molar-refractivity contribution is -0.191. The zero-order valence-corrected chi connectivity index (χ0v) is 34.6. The first-order valence-electron chi connectivity index (χ1n) is 19.5. The summed E-state index contributed by atoms with van der Waals surface area (Å²) >= 11 is 0. The van der Waals surface area contributed by atoms with Crippen LogP contribution >= 0.6 is 7.82 Å². The predicted molar refractivity (Wildman–Crippen MR) is 217 cm³/mol. The molecule has 3 fully saturated rings. The molecule has 19 heteroatoms. The van der Waals surface area contributed by atoms with Gasteiger partial charge in [0.05, 0.1) is 40.1 Å². The second-order valence-electron chi connectivity index (χ2n) is 15.2. The monoisotopic (exact) mass is 860 g/mol. The number of benzene rings is 3. The number of aromatic amines is 2. The van der Waals surface area contributed by atoms with Gasteiger partial charge >= 0.3 is 19.2 Å². The maximum atomic E-state index is 14.3. The SMILES string of the molecule is COc1ccc(C(OC[C@]23CO[P@](=O)(OC[C@H]4O[C@@H](n5cc(C)c(=O)[nH]c5=O)C[C@@H]4O)O[C@H]2C[C@H](n2cc(C)c(=O)[nH]c2=O)O3)(c2ccccc2)c2ccc(OC)cc2)cc1. The van der Waals surface area contributed by atoms with Gasteiger partial charge < -0.3 is 28.8 Å². The van der Waals surface area contributed by atoms with Crippen LogP contribution < -0.4 is 32.0 Å². The molecule has 18 nitrogen and oxygen atoms in total. The molecule has 3 aliphatic heterocycles. The number of H-pyrrole nitrogens is 2. The summed E-state index contributed by atoms with van der Waals surface area (Å²) in [6.07, 6.45) is -2.65. The van der Waals surface area contributed by atoms with E-state index in [1.54, 1.807) is 21.1 Å². The van der Waals surface area contributed by atoms with Crippen LogP contribution in [0, 0.1) is 13.8 Å². The van der Waals surface area contributed by atoms with E-state index in [-0.39, 0.29) is 30.6 Å². The summed E-state index contributed by atoms with van der Waals surface area (Å²) in [5, 5.41) is 10.9. The molecule has 61 heavy (non-hydrogen) atoms. The van der Waals surface area contributed by atoms with Crippen molar-refractivity contribution in [3.05, 3.63) is 161 Å². The number of methoxy groups -OCH3 is 2. The summed E-state index contributed by atoms with van der Waals surface area (Å²) in [6, 6.07) is 24.4. The average Bonchev–Trinajstić information content (AvgIpc) is 3.83. The maximum Gasteiger partial charge on any atom is 0.475 e. The van der Waals surface area contributed by atoms with Crippen LogP contribution in [0.15, 0.2) is 110 Å². The molecule has 0 bridgehead atoms. The van der Waals surface area contributed by atoms with Crippen molar-refractivity contribution in [1.29, 1.82) is 0 Å². The van der Waals surface area contributed by atoms with E-state index in [9.17, 15) is 28.8 Å². The number of aliphatic hydroxyl groups is 1. The van der Waals surface area contributed by atoms with Gasteiger partial charge in [-0.25, -0.2) is 14.2 Å². The van der Waals surface area contributed by atoms with Gasteiger partial charge in [-0.3, -0.25) is 42.3 Å². The number of rotatable bonds is 13. The fourth-order valence-corrected chi connectivity index (χ4v) is 9.44. The second-order valence-corrected chi connectivity index (χ2v) is 16.8. The zero-order valence-electron chi connectivity index (χ0n) is 33.7. The first-order valence-corrected chi connectivity index (χ1v) is 20.9. The summed E-state index contributed by atoms with van der Waals surface area (Å²) in [4.78, 5) is 54.5. The van der Waals surface area contributed by atoms with E-state index < -0.39 is 85.5 Å². The third-order valence-electron chi connectivity index (χ3n) is 11.3. The molecular formula is C42H45N4O14P. The van der Waals surface area contributed by atoms with E-state index in [1.807, 2.05) is 78.9 Å². The van der Waals surface area contributed by atoms with E-state index in [2.05, 4.69) is 9.97 Å². The maximum absolute atomic E-state index is 14.3. The summed E-state index contributed by atoms with van der Waals surface area (Å²) < 4.78 is 65.4. The van der Waals surface area contributed by atoms with Crippen molar-refractivity contribution in [2.24, 2.45) is 0 Å². The normalized spacial score (nSPS) is 26.2. The lowest BCUT2D eigenvalue weighted by Gasteiger charge is -2.43. The largest absolute Gasteiger partial charge is 0.497 e. The van der Waals surface area contributed by atoms with Gasteiger partial charge in [0.2, 0.25) is 0 Å². The smallest absolute Gasteiger partial charge is 0.475 e. The minimum Gasteiger partial charge on any atom is -0.497 e. The number of nitrogens with zero attached hydrogens (tertiary/aromatic N) is 2. The Hall–Kier alpha value is -5.43. The summed E-state index contributed by atoms with van der Waals surface area (Å²) in [6.45, 7) is 1.96. The van der Waals surface area contributed by atoms with Crippen molar-refractivity contribution >= 4 is 7.82 Å². The molecule has 8 rings (SSSR count). The van der Waals surface area contributed by atoms with Gasteiger partial charge in [0.15, 0.2) is 0 Å². The number of fused-ring (bicyclic) bond motifs is 1. The Balaban J connectivity index is 1.12. The fraction of sp³-hybridized carbons (Fsp3) is 0.381. The number of aryl methyl sites for hydroxylation is 2. The highest BCUT2D eigenvalue weighted by Crippen LogP contribution is 2.60. The molecule has 3 aromatic carbocycles. The average molecular weight is 861 g/mol. The summed E-state index contributed by atoms with van der Waals surface area (Å²) in [7, 11) is -1.29. The summed E-state index contributed by atoms with van der Waals surface area (Å²) in [5.74, 6) is 1.25. The number of ether oxygens (including phenoxy) is 5. The minimum absolute atomic E-state index is 0.0249. The molecule has 0 spiro atoms. The molecule has 0 amide bonds. The first-order chi connectivity index (χ1) is 29.3. The molecule has 0 aliphatic carbocycles. The molecule has 7 atom stereocenters. The number of nitrogens with one attached hydrogen (secondary N) is 2. The molecule has 0 unspecified atom stereocenters. The van der Waals surface area contributed by atoms with Gasteiger partial charge in [0.1, 0.15) is 47.4 Å². The molecule has 3 aliphatic rings. The number of aromatic nitrogens is 4. The quantitative estimate of drug-likeness (QED) is 0.114. The van der Waals surface area contributed by atoms with Crippen LogP contribution in [-0.2, 0) is 37.9 Å². The third kappa shape index (κ3) is 8.09. The Morgan fingerprint density at radius 3 is 1.89 bits per heavy atom. The van der Waals surface area contributed by atoms with Crippen molar-refractivity contribution < 1.29 is 46.9 Å². The molecule has 322 valence electrons. The van der Waals surface area contributed by atoms with Gasteiger partial charge in [-0.1, -0.05) is 54.6 Å². The predicted octanol–water partition coefficient (Wildman–Crippen LogP) is 3.58. The molecule has 2 aromatic heterocycles. The topological polar surface area (TPSA) is 221 Å². The van der Waals surface area contributed by atoms with E-state index in [1.165, 1.54) is 23.9 Å². The Bertz CT molecular complexity index is 2620. The highest BCUT2D eigenvalue weighted by Gasteiger charge is 2.59. The Morgan fingerprint density at radius 2 is 1.33 bits per heavy atom. The van der Waals surface area contributed by atoms with Crippen LogP contribution in [0.5, 0.6) is 11.5 Å². The van der Waals surface area contributed by atoms with Crippen molar-refractivity contribution in [1.82, 2.24) is 19.1 Å². The molecule has 0 radical (unpaired) electrons. The number of phosphoric ester groups is 1. The lowest BCUT2D eigenvalue weighted by atomic mass is 9.79. The molecule has 3 saturated heterocycles. The van der Waals surface area contributed by atoms with Crippen LogP contribution in [0.25, 0.3) is 0 Å². The molecular weight excluding hydrogens is 815 g/mol. The number of phosphoric acid groups is 1. The highest BCUT2D eigenvalue weighted by atomic mass is 31.2. The van der Waals surface area contributed by atoms with Crippen LogP contribution in [0.3, 0.4) is 0 Å². The second kappa shape index (κ2) is 16.8. The lowest BCUT2D eigenvalue weighted by Crippen LogP contribution is -2.53.